The lowest BCUT2D eigenvalue weighted by atomic mass is 10.1. The van der Waals surface area contributed by atoms with Crippen molar-refractivity contribution in [2.75, 3.05) is 12.4 Å². The number of hydrogen-bond acceptors (Lipinski definition) is 5. The molecule has 0 saturated carbocycles. The number of Topliss-reactive ketones (excluding diaryl/α,β-unsaturated/α-hetero) is 1. The highest BCUT2D eigenvalue weighted by Crippen LogP contribution is 2.21. The summed E-state index contributed by atoms with van der Waals surface area (Å²) in [6.07, 6.45) is 1.61. The van der Waals surface area contributed by atoms with Crippen molar-refractivity contribution in [3.8, 4) is 0 Å². The van der Waals surface area contributed by atoms with Crippen LogP contribution in [0.5, 0.6) is 0 Å². The molecule has 2 aromatic rings. The summed E-state index contributed by atoms with van der Waals surface area (Å²) >= 11 is 1.48. The Hall–Kier alpha value is -1.95. The van der Waals surface area contributed by atoms with Crippen LogP contribution in [-0.4, -0.2) is 29.1 Å². The molecule has 0 radical (unpaired) electrons. The predicted octanol–water partition coefficient (Wildman–Crippen LogP) is 3.52. The predicted molar refractivity (Wildman–Crippen MR) is 85.4 cm³/mol. The summed E-state index contributed by atoms with van der Waals surface area (Å²) < 4.78 is 10.3. The number of furan rings is 1. The third kappa shape index (κ3) is 3.62. The molecule has 0 spiro atoms. The van der Waals surface area contributed by atoms with Gasteiger partial charge < -0.3 is 14.1 Å². The molecule has 6 heteroatoms. The molecule has 0 amide bonds. The first kappa shape index (κ1) is 16.4. The molecule has 0 aromatic carbocycles. The number of carbonyl (C=O) groups excluding carboxylic acids is 2. The van der Waals surface area contributed by atoms with Crippen molar-refractivity contribution in [3.63, 3.8) is 0 Å². The first-order valence-electron chi connectivity index (χ1n) is 7.04. The fraction of sp³-hybridized carbons (Fsp3) is 0.375. The maximum atomic E-state index is 12.3. The van der Waals surface area contributed by atoms with E-state index < -0.39 is 5.97 Å². The van der Waals surface area contributed by atoms with Crippen LogP contribution in [0.3, 0.4) is 0 Å². The van der Waals surface area contributed by atoms with Crippen LogP contribution in [0.1, 0.15) is 44.8 Å². The first-order chi connectivity index (χ1) is 10.5. The van der Waals surface area contributed by atoms with Crippen molar-refractivity contribution in [1.29, 1.82) is 0 Å². The van der Waals surface area contributed by atoms with Crippen LogP contribution in [0.15, 0.2) is 22.8 Å². The van der Waals surface area contributed by atoms with Crippen molar-refractivity contribution in [2.24, 2.45) is 0 Å². The number of esters is 1. The quantitative estimate of drug-likeness (QED) is 0.624. The standard InChI is InChI=1S/C16H19NO4S/c1-4-20-16(19)14-10(2)15(17-11(14)3)13(18)9-22-8-12-6-5-7-21-12/h5-7,17H,4,8-9H2,1-3H3. The van der Waals surface area contributed by atoms with Crippen LogP contribution in [0, 0.1) is 13.8 Å². The van der Waals surface area contributed by atoms with E-state index in [0.29, 0.717) is 40.6 Å². The molecule has 2 heterocycles. The van der Waals surface area contributed by atoms with Crippen LogP contribution >= 0.6 is 11.8 Å². The van der Waals surface area contributed by atoms with E-state index in [9.17, 15) is 9.59 Å². The highest BCUT2D eigenvalue weighted by Gasteiger charge is 2.22. The monoisotopic (exact) mass is 321 g/mol. The largest absolute Gasteiger partial charge is 0.468 e. The second-order valence-corrected chi connectivity index (χ2v) is 5.83. The number of ether oxygens (including phenoxy) is 1. The lowest BCUT2D eigenvalue weighted by Crippen LogP contribution is -2.08. The van der Waals surface area contributed by atoms with E-state index in [1.165, 1.54) is 11.8 Å². The number of aryl methyl sites for hydroxylation is 1. The Morgan fingerprint density at radius 1 is 1.36 bits per heavy atom. The number of aromatic nitrogens is 1. The molecule has 5 nitrogen and oxygen atoms in total. The highest BCUT2D eigenvalue weighted by atomic mass is 32.2. The molecule has 0 aliphatic carbocycles. The second-order valence-electron chi connectivity index (χ2n) is 4.84. The van der Waals surface area contributed by atoms with Gasteiger partial charge in [0.05, 0.1) is 35.6 Å². The smallest absolute Gasteiger partial charge is 0.340 e. The second kappa shape index (κ2) is 7.35. The van der Waals surface area contributed by atoms with E-state index in [1.54, 1.807) is 27.0 Å². The number of carbonyl (C=O) groups is 2. The molecule has 118 valence electrons. The summed E-state index contributed by atoms with van der Waals surface area (Å²) in [7, 11) is 0. The van der Waals surface area contributed by atoms with Gasteiger partial charge in [-0.05, 0) is 38.5 Å². The third-order valence-corrected chi connectivity index (χ3v) is 4.21. The minimum atomic E-state index is -0.393. The van der Waals surface area contributed by atoms with Crippen molar-refractivity contribution >= 4 is 23.5 Å². The normalized spacial score (nSPS) is 10.7. The first-order valence-corrected chi connectivity index (χ1v) is 8.19. The van der Waals surface area contributed by atoms with E-state index in [0.717, 1.165) is 5.76 Å². The zero-order chi connectivity index (χ0) is 16.1. The van der Waals surface area contributed by atoms with Gasteiger partial charge in [-0.2, -0.15) is 0 Å². The zero-order valence-corrected chi connectivity index (χ0v) is 13.7. The molecular formula is C16H19NO4S. The van der Waals surface area contributed by atoms with Crippen LogP contribution < -0.4 is 0 Å². The van der Waals surface area contributed by atoms with Gasteiger partial charge in [0.1, 0.15) is 5.76 Å². The fourth-order valence-corrected chi connectivity index (χ4v) is 3.05. The van der Waals surface area contributed by atoms with E-state index in [-0.39, 0.29) is 5.78 Å². The Balaban J connectivity index is 2.03. The van der Waals surface area contributed by atoms with E-state index >= 15 is 0 Å². The van der Waals surface area contributed by atoms with Crippen molar-refractivity contribution in [2.45, 2.75) is 26.5 Å². The Morgan fingerprint density at radius 2 is 2.14 bits per heavy atom. The minimum absolute atomic E-state index is 0.0345. The summed E-state index contributed by atoms with van der Waals surface area (Å²) in [4.78, 5) is 27.2. The molecule has 0 saturated heterocycles. The third-order valence-electron chi connectivity index (χ3n) is 3.25. The molecule has 0 bridgehead atoms. The maximum Gasteiger partial charge on any atom is 0.340 e. The summed E-state index contributed by atoms with van der Waals surface area (Å²) in [5.74, 6) is 1.37. The van der Waals surface area contributed by atoms with E-state index in [1.807, 2.05) is 12.1 Å². The van der Waals surface area contributed by atoms with Gasteiger partial charge in [-0.25, -0.2) is 4.79 Å². The number of thioether (sulfide) groups is 1. The number of H-pyrrole nitrogens is 1. The minimum Gasteiger partial charge on any atom is -0.468 e. The van der Waals surface area contributed by atoms with Crippen LogP contribution in [0.4, 0.5) is 0 Å². The molecule has 0 aliphatic heterocycles. The van der Waals surface area contributed by atoms with E-state index in [2.05, 4.69) is 4.98 Å². The summed E-state index contributed by atoms with van der Waals surface area (Å²) in [6.45, 7) is 5.60. The van der Waals surface area contributed by atoms with Gasteiger partial charge in [0.2, 0.25) is 0 Å². The van der Waals surface area contributed by atoms with Crippen molar-refractivity contribution in [1.82, 2.24) is 4.98 Å². The van der Waals surface area contributed by atoms with Crippen LogP contribution in [0.25, 0.3) is 0 Å². The highest BCUT2D eigenvalue weighted by molar-refractivity contribution is 7.99. The Bertz CT molecular complexity index is 658. The average molecular weight is 321 g/mol. The molecule has 0 aliphatic rings. The molecule has 1 N–H and O–H groups in total. The summed E-state index contributed by atoms with van der Waals surface area (Å²) in [6, 6.07) is 3.70. The summed E-state index contributed by atoms with van der Waals surface area (Å²) in [5, 5.41) is 0. The Kier molecular flexibility index (Phi) is 5.49. The molecule has 2 rings (SSSR count). The average Bonchev–Trinajstić information content (AvgIpc) is 3.07. The number of nitrogens with one attached hydrogen (secondary N) is 1. The van der Waals surface area contributed by atoms with Gasteiger partial charge in [0, 0.05) is 5.69 Å². The lowest BCUT2D eigenvalue weighted by Gasteiger charge is -2.03. The van der Waals surface area contributed by atoms with Gasteiger partial charge in [0.15, 0.2) is 5.78 Å². The molecule has 22 heavy (non-hydrogen) atoms. The van der Waals surface area contributed by atoms with Crippen LogP contribution in [-0.2, 0) is 10.5 Å². The van der Waals surface area contributed by atoms with Gasteiger partial charge >= 0.3 is 5.97 Å². The van der Waals surface area contributed by atoms with Crippen molar-refractivity contribution in [3.05, 3.63) is 46.7 Å². The molecule has 0 fully saturated rings. The zero-order valence-electron chi connectivity index (χ0n) is 12.9. The molecule has 0 unspecified atom stereocenters. The van der Waals surface area contributed by atoms with Gasteiger partial charge in [-0.1, -0.05) is 0 Å². The van der Waals surface area contributed by atoms with Gasteiger partial charge in [-0.15, -0.1) is 11.8 Å². The molecular weight excluding hydrogens is 302 g/mol. The fourth-order valence-electron chi connectivity index (χ4n) is 2.25. The SMILES string of the molecule is CCOC(=O)c1c(C)[nH]c(C(=O)CSCc2ccco2)c1C. The molecule has 0 atom stereocenters. The Labute approximate surface area is 133 Å². The maximum absolute atomic E-state index is 12.3. The van der Waals surface area contributed by atoms with E-state index in [4.69, 9.17) is 9.15 Å². The number of hydrogen-bond donors (Lipinski definition) is 1. The topological polar surface area (TPSA) is 72.3 Å². The van der Waals surface area contributed by atoms with Crippen molar-refractivity contribution < 1.29 is 18.7 Å². The molecule has 2 aromatic heterocycles. The Morgan fingerprint density at radius 3 is 2.77 bits per heavy atom. The summed E-state index contributed by atoms with van der Waals surface area (Å²) in [5.41, 5.74) is 2.25. The van der Waals surface area contributed by atoms with Gasteiger partial charge in [-0.3, -0.25) is 4.79 Å². The number of rotatable bonds is 7. The van der Waals surface area contributed by atoms with Crippen LogP contribution in [0.2, 0.25) is 0 Å². The van der Waals surface area contributed by atoms with Gasteiger partial charge in [0.25, 0.3) is 0 Å². The number of aromatic amines is 1. The number of ketones is 1. The lowest BCUT2D eigenvalue weighted by molar-refractivity contribution is 0.0525.